The SMILES string of the molecule is Cc1cc([C@H]2[C@H](c3ccccn3)NC(=S)N2CCCO)c(C)n1-c1ccccc1O. The highest BCUT2D eigenvalue weighted by atomic mass is 32.1. The van der Waals surface area contributed by atoms with Gasteiger partial charge >= 0.3 is 0 Å². The molecule has 1 saturated heterocycles. The second kappa shape index (κ2) is 8.45. The van der Waals surface area contributed by atoms with Crippen LogP contribution in [0.5, 0.6) is 5.75 Å². The molecule has 2 aromatic heterocycles. The van der Waals surface area contributed by atoms with Crippen LogP contribution < -0.4 is 5.32 Å². The third-order valence-corrected chi connectivity index (χ3v) is 6.02. The minimum Gasteiger partial charge on any atom is -0.506 e. The van der Waals surface area contributed by atoms with Crippen LogP contribution in [0.2, 0.25) is 0 Å². The summed E-state index contributed by atoms with van der Waals surface area (Å²) in [6.45, 7) is 4.86. The minimum atomic E-state index is -0.101. The van der Waals surface area contributed by atoms with Gasteiger partial charge in [0.25, 0.3) is 0 Å². The van der Waals surface area contributed by atoms with Gasteiger partial charge in [-0.15, -0.1) is 0 Å². The van der Waals surface area contributed by atoms with Gasteiger partial charge in [-0.1, -0.05) is 18.2 Å². The number of phenols is 1. The largest absolute Gasteiger partial charge is 0.506 e. The second-order valence-electron chi connectivity index (χ2n) is 7.55. The fourth-order valence-electron chi connectivity index (χ4n) is 4.34. The molecule has 0 aliphatic carbocycles. The highest BCUT2D eigenvalue weighted by Crippen LogP contribution is 2.41. The van der Waals surface area contributed by atoms with Crippen LogP contribution in [0.1, 0.15) is 41.1 Å². The lowest BCUT2D eigenvalue weighted by molar-refractivity contribution is 0.247. The molecule has 1 aliphatic rings. The Morgan fingerprint density at radius 1 is 1.13 bits per heavy atom. The predicted molar refractivity (Wildman–Crippen MR) is 121 cm³/mol. The molecule has 30 heavy (non-hydrogen) atoms. The monoisotopic (exact) mass is 422 g/mol. The first-order valence-corrected chi connectivity index (χ1v) is 10.5. The zero-order chi connectivity index (χ0) is 21.3. The van der Waals surface area contributed by atoms with Crippen molar-refractivity contribution in [1.29, 1.82) is 0 Å². The second-order valence-corrected chi connectivity index (χ2v) is 7.93. The molecule has 156 valence electrons. The third kappa shape index (κ3) is 3.55. The predicted octanol–water partition coefficient (Wildman–Crippen LogP) is 3.55. The minimum absolute atomic E-state index is 0.0650. The summed E-state index contributed by atoms with van der Waals surface area (Å²) in [7, 11) is 0. The number of pyridine rings is 1. The summed E-state index contributed by atoms with van der Waals surface area (Å²) in [4.78, 5) is 6.71. The average molecular weight is 423 g/mol. The van der Waals surface area contributed by atoms with Crippen LogP contribution in [-0.2, 0) is 0 Å². The Morgan fingerprint density at radius 3 is 2.60 bits per heavy atom. The molecule has 1 aliphatic heterocycles. The van der Waals surface area contributed by atoms with Crippen LogP contribution in [0.3, 0.4) is 0 Å². The number of aromatic nitrogens is 2. The number of aromatic hydroxyl groups is 1. The van der Waals surface area contributed by atoms with E-state index in [2.05, 4.69) is 32.8 Å². The van der Waals surface area contributed by atoms with Crippen molar-refractivity contribution < 1.29 is 10.2 Å². The van der Waals surface area contributed by atoms with E-state index in [-0.39, 0.29) is 24.4 Å². The van der Waals surface area contributed by atoms with Gasteiger partial charge in [-0.3, -0.25) is 4.98 Å². The standard InChI is InChI=1S/C23H26N4O2S/c1-15-14-17(16(2)27(15)19-9-3-4-10-20(19)29)22-21(18-8-5-6-11-24-18)25-23(30)26(22)12-7-13-28/h3-6,8-11,14,21-22,28-29H,7,12-13H2,1-2H3,(H,25,30)/t21-,22-/m0/s1. The molecule has 0 bridgehead atoms. The van der Waals surface area contributed by atoms with Gasteiger partial charge in [-0.05, 0) is 68.4 Å². The number of aryl methyl sites for hydroxylation is 1. The molecule has 3 heterocycles. The van der Waals surface area contributed by atoms with Gasteiger partial charge in [0.2, 0.25) is 0 Å². The molecular formula is C23H26N4O2S. The zero-order valence-corrected chi connectivity index (χ0v) is 17.9. The van der Waals surface area contributed by atoms with Gasteiger partial charge in [-0.25, -0.2) is 0 Å². The van der Waals surface area contributed by atoms with Crippen LogP contribution in [0.25, 0.3) is 5.69 Å². The van der Waals surface area contributed by atoms with Crippen molar-refractivity contribution >= 4 is 17.3 Å². The summed E-state index contributed by atoms with van der Waals surface area (Å²) in [6, 6.07) is 15.2. The van der Waals surface area contributed by atoms with Gasteiger partial charge in [0.15, 0.2) is 5.11 Å². The number of para-hydroxylation sites is 2. The number of thiocarbonyl (C=S) groups is 1. The lowest BCUT2D eigenvalue weighted by Crippen LogP contribution is -2.31. The van der Waals surface area contributed by atoms with Crippen LogP contribution in [0.15, 0.2) is 54.7 Å². The van der Waals surface area contributed by atoms with E-state index in [0.717, 1.165) is 28.3 Å². The molecule has 0 unspecified atom stereocenters. The van der Waals surface area contributed by atoms with E-state index in [1.54, 1.807) is 12.3 Å². The molecular weight excluding hydrogens is 396 g/mol. The smallest absolute Gasteiger partial charge is 0.170 e. The number of hydrogen-bond donors (Lipinski definition) is 3. The molecule has 0 amide bonds. The Hall–Kier alpha value is -2.90. The molecule has 0 saturated carbocycles. The van der Waals surface area contributed by atoms with Gasteiger partial charge in [-0.2, -0.15) is 0 Å². The number of hydrogen-bond acceptors (Lipinski definition) is 4. The van der Waals surface area contributed by atoms with Crippen molar-refractivity contribution in [3.63, 3.8) is 0 Å². The molecule has 0 spiro atoms. The van der Waals surface area contributed by atoms with Crippen LogP contribution >= 0.6 is 12.2 Å². The molecule has 7 heteroatoms. The molecule has 4 rings (SSSR count). The summed E-state index contributed by atoms with van der Waals surface area (Å²) >= 11 is 5.66. The lowest BCUT2D eigenvalue weighted by atomic mass is 9.96. The van der Waals surface area contributed by atoms with Crippen molar-refractivity contribution in [2.24, 2.45) is 0 Å². The van der Waals surface area contributed by atoms with Gasteiger partial charge in [0.1, 0.15) is 5.75 Å². The third-order valence-electron chi connectivity index (χ3n) is 5.67. The summed E-state index contributed by atoms with van der Waals surface area (Å²) < 4.78 is 2.08. The average Bonchev–Trinajstić information content (AvgIpc) is 3.23. The first kappa shape index (κ1) is 20.4. The lowest BCUT2D eigenvalue weighted by Gasteiger charge is -2.28. The number of benzene rings is 1. The molecule has 2 atom stereocenters. The van der Waals surface area contributed by atoms with Crippen molar-refractivity contribution in [3.05, 3.63) is 77.4 Å². The van der Waals surface area contributed by atoms with Crippen molar-refractivity contribution in [1.82, 2.24) is 19.8 Å². The molecule has 3 N–H and O–H groups in total. The van der Waals surface area contributed by atoms with E-state index in [9.17, 15) is 10.2 Å². The Kier molecular flexibility index (Phi) is 5.74. The first-order chi connectivity index (χ1) is 14.5. The summed E-state index contributed by atoms with van der Waals surface area (Å²) in [5.41, 5.74) is 4.87. The first-order valence-electron chi connectivity index (χ1n) is 10.1. The number of nitrogens with zero attached hydrogens (tertiary/aromatic N) is 3. The van der Waals surface area contributed by atoms with Crippen LogP contribution in [0, 0.1) is 13.8 Å². The molecule has 1 aromatic carbocycles. The van der Waals surface area contributed by atoms with Gasteiger partial charge in [0, 0.05) is 30.7 Å². The normalized spacial score (nSPS) is 18.6. The number of aliphatic hydroxyl groups is 1. The highest BCUT2D eigenvalue weighted by molar-refractivity contribution is 7.80. The fraction of sp³-hybridized carbons (Fsp3) is 0.304. The Bertz CT molecular complexity index is 1050. The van der Waals surface area contributed by atoms with Crippen molar-refractivity contribution in [2.45, 2.75) is 32.4 Å². The van der Waals surface area contributed by atoms with Crippen molar-refractivity contribution in [2.75, 3.05) is 13.2 Å². The van der Waals surface area contributed by atoms with Crippen LogP contribution in [-0.4, -0.2) is 42.9 Å². The molecule has 3 aromatic rings. The summed E-state index contributed by atoms with van der Waals surface area (Å²) in [5.74, 6) is 0.240. The maximum absolute atomic E-state index is 10.4. The molecule has 6 nitrogen and oxygen atoms in total. The number of rotatable bonds is 6. The topological polar surface area (TPSA) is 73.5 Å². The van der Waals surface area contributed by atoms with E-state index < -0.39 is 0 Å². The number of aliphatic hydroxyl groups excluding tert-OH is 1. The van der Waals surface area contributed by atoms with E-state index in [0.29, 0.717) is 18.1 Å². The maximum atomic E-state index is 10.4. The van der Waals surface area contributed by atoms with Crippen molar-refractivity contribution in [3.8, 4) is 11.4 Å². The molecule has 0 radical (unpaired) electrons. The Balaban J connectivity index is 1.83. The summed E-state index contributed by atoms with van der Waals surface area (Å²) in [6.07, 6.45) is 2.42. The number of nitrogens with one attached hydrogen (secondary N) is 1. The maximum Gasteiger partial charge on any atom is 0.170 e. The van der Waals surface area contributed by atoms with Gasteiger partial charge < -0.3 is 25.0 Å². The Labute approximate surface area is 181 Å². The Morgan fingerprint density at radius 2 is 1.90 bits per heavy atom. The van der Waals surface area contributed by atoms with E-state index in [1.165, 1.54) is 0 Å². The van der Waals surface area contributed by atoms with E-state index >= 15 is 0 Å². The molecule has 1 fully saturated rings. The number of phenolic OH excluding ortho intramolecular Hbond substituents is 1. The van der Waals surface area contributed by atoms with Gasteiger partial charge in [0.05, 0.1) is 23.5 Å². The zero-order valence-electron chi connectivity index (χ0n) is 17.1. The van der Waals surface area contributed by atoms with E-state index in [1.807, 2.05) is 43.3 Å². The summed E-state index contributed by atoms with van der Waals surface area (Å²) in [5, 5.41) is 23.9. The fourth-order valence-corrected chi connectivity index (χ4v) is 4.67. The highest BCUT2D eigenvalue weighted by Gasteiger charge is 2.41. The van der Waals surface area contributed by atoms with Crippen LogP contribution in [0.4, 0.5) is 0 Å². The quantitative estimate of drug-likeness (QED) is 0.528. The van der Waals surface area contributed by atoms with E-state index in [4.69, 9.17) is 12.2 Å².